The number of ketones is 1. The molecule has 0 bridgehead atoms. The van der Waals surface area contributed by atoms with Crippen molar-refractivity contribution in [2.75, 3.05) is 61.5 Å². The smallest absolute Gasteiger partial charge is 0.264 e. The van der Waals surface area contributed by atoms with E-state index in [0.29, 0.717) is 66.9 Å². The minimum absolute atomic E-state index is 0.0315. The molecule has 4 amide bonds. The Morgan fingerprint density at radius 3 is 2.50 bits per heavy atom. The highest BCUT2D eigenvalue weighted by Crippen LogP contribution is 2.34. The summed E-state index contributed by atoms with van der Waals surface area (Å²) in [6, 6.07) is 7.85. The zero-order valence-corrected chi connectivity index (χ0v) is 35.7. The van der Waals surface area contributed by atoms with E-state index in [1.807, 2.05) is 24.5 Å². The number of amides is 4. The first-order valence-electron chi connectivity index (χ1n) is 21.7. The second-order valence-electron chi connectivity index (χ2n) is 16.6. The van der Waals surface area contributed by atoms with Gasteiger partial charge in [0.1, 0.15) is 11.9 Å². The van der Waals surface area contributed by atoms with E-state index in [-0.39, 0.29) is 46.9 Å². The quantitative estimate of drug-likeness (QED) is 0.0780. The molecule has 1 aliphatic carbocycles. The van der Waals surface area contributed by atoms with Crippen LogP contribution in [0.4, 0.5) is 23.1 Å². The van der Waals surface area contributed by atoms with Crippen LogP contribution in [-0.2, 0) is 27.4 Å². The average molecular weight is 872 g/mol. The molecule has 0 spiro atoms. The lowest BCUT2D eigenvalue weighted by molar-refractivity contribution is -0.136. The van der Waals surface area contributed by atoms with E-state index in [1.165, 1.54) is 6.92 Å². The van der Waals surface area contributed by atoms with Gasteiger partial charge >= 0.3 is 0 Å². The van der Waals surface area contributed by atoms with Crippen molar-refractivity contribution >= 4 is 63.6 Å². The maximum Gasteiger partial charge on any atom is 0.264 e. The summed E-state index contributed by atoms with van der Waals surface area (Å²) in [5.41, 5.74) is 4.47. The van der Waals surface area contributed by atoms with Crippen LogP contribution in [0.3, 0.4) is 0 Å². The fourth-order valence-corrected chi connectivity index (χ4v) is 9.19. The number of nitrogens with one attached hydrogen (secondary N) is 3. The van der Waals surface area contributed by atoms with Gasteiger partial charge in [-0.25, -0.2) is 19.6 Å². The zero-order chi connectivity index (χ0) is 44.5. The maximum atomic E-state index is 13.5. The number of nitrogens with zero attached hydrogens (tertiary/aromatic N) is 10. The van der Waals surface area contributed by atoms with Crippen LogP contribution in [0.25, 0.3) is 11.0 Å². The summed E-state index contributed by atoms with van der Waals surface area (Å²) in [5, 5.41) is 17.2. The van der Waals surface area contributed by atoms with Crippen LogP contribution in [0.5, 0.6) is 0 Å². The number of ether oxygens (including phenoxy) is 1. The lowest BCUT2D eigenvalue weighted by Crippen LogP contribution is -2.54. The third-order valence-electron chi connectivity index (χ3n) is 12.4. The van der Waals surface area contributed by atoms with Gasteiger partial charge in [-0.15, -0.1) is 5.10 Å². The van der Waals surface area contributed by atoms with Gasteiger partial charge in [0.05, 0.1) is 71.3 Å². The molecule has 3 fully saturated rings. The largest absolute Gasteiger partial charge is 0.382 e. The Morgan fingerprint density at radius 1 is 0.938 bits per heavy atom. The van der Waals surface area contributed by atoms with E-state index in [4.69, 9.17) is 9.72 Å². The number of pyridine rings is 2. The number of fused-ring (bicyclic) bond motifs is 2. The predicted molar refractivity (Wildman–Crippen MR) is 233 cm³/mol. The minimum Gasteiger partial charge on any atom is -0.382 e. The number of piperazine rings is 1. The number of rotatable bonds is 15. The molecule has 1 atom stereocenters. The van der Waals surface area contributed by atoms with Crippen LogP contribution >= 0.6 is 0 Å². The van der Waals surface area contributed by atoms with Crippen LogP contribution in [0.15, 0.2) is 53.7 Å². The Morgan fingerprint density at radius 2 is 1.75 bits per heavy atom. The number of hydrogen-bond acceptors (Lipinski definition) is 16. The zero-order valence-electron chi connectivity index (χ0n) is 35.7. The van der Waals surface area contributed by atoms with Crippen LogP contribution < -0.4 is 26.4 Å². The molecular weight excluding hydrogens is 823 g/mol. The van der Waals surface area contributed by atoms with Gasteiger partial charge in [-0.1, -0.05) is 24.1 Å². The lowest BCUT2D eigenvalue weighted by Gasteiger charge is -2.35. The van der Waals surface area contributed by atoms with Crippen molar-refractivity contribution in [1.82, 2.24) is 49.6 Å². The topological polar surface area (TPSA) is 232 Å². The Bertz CT molecular complexity index is 2700. The molecule has 3 aliphatic heterocycles. The van der Waals surface area contributed by atoms with Gasteiger partial charge in [0, 0.05) is 63.6 Å². The van der Waals surface area contributed by atoms with Crippen molar-refractivity contribution in [3.63, 3.8) is 0 Å². The molecule has 64 heavy (non-hydrogen) atoms. The molecule has 4 aliphatic rings. The monoisotopic (exact) mass is 871 g/mol. The number of piperidine rings is 1. The van der Waals surface area contributed by atoms with E-state index in [2.05, 4.69) is 46.0 Å². The van der Waals surface area contributed by atoms with Crippen LogP contribution in [0.2, 0.25) is 0 Å². The summed E-state index contributed by atoms with van der Waals surface area (Å²) >= 11 is 0. The van der Waals surface area contributed by atoms with Gasteiger partial charge < -0.3 is 24.8 Å². The molecule has 1 aromatic carbocycles. The third kappa shape index (κ3) is 8.45. The van der Waals surface area contributed by atoms with E-state index >= 15 is 0 Å². The van der Waals surface area contributed by atoms with Crippen molar-refractivity contribution in [2.45, 2.75) is 77.5 Å². The van der Waals surface area contributed by atoms with E-state index in [0.717, 1.165) is 68.1 Å². The average Bonchev–Trinajstić information content (AvgIpc) is 4.04. The van der Waals surface area contributed by atoms with Crippen LogP contribution in [0, 0.1) is 6.92 Å². The van der Waals surface area contributed by atoms with Crippen molar-refractivity contribution in [3.05, 3.63) is 87.2 Å². The Kier molecular flexibility index (Phi) is 11.9. The summed E-state index contributed by atoms with van der Waals surface area (Å²) in [6.45, 7) is 8.75. The highest BCUT2D eigenvalue weighted by molar-refractivity contribution is 6.25. The molecule has 332 valence electrons. The molecular formula is C44H49N13O7. The number of benzene rings is 1. The highest BCUT2D eigenvalue weighted by Gasteiger charge is 2.45. The van der Waals surface area contributed by atoms with Gasteiger partial charge in [0.2, 0.25) is 17.8 Å². The summed E-state index contributed by atoms with van der Waals surface area (Å²) in [6.07, 6.45) is 9.44. The molecule has 2 saturated heterocycles. The van der Waals surface area contributed by atoms with E-state index in [1.54, 1.807) is 40.6 Å². The van der Waals surface area contributed by atoms with Crippen LogP contribution in [0.1, 0.15) is 93.8 Å². The van der Waals surface area contributed by atoms with Gasteiger partial charge in [0.15, 0.2) is 5.78 Å². The lowest BCUT2D eigenvalue weighted by atomic mass is 10.0. The number of anilines is 4. The number of imide groups is 2. The van der Waals surface area contributed by atoms with Crippen molar-refractivity contribution in [3.8, 4) is 0 Å². The Labute approximate surface area is 367 Å². The van der Waals surface area contributed by atoms with Crippen molar-refractivity contribution in [2.24, 2.45) is 0 Å². The molecule has 20 heteroatoms. The number of carbonyl (C=O) groups is 5. The van der Waals surface area contributed by atoms with Gasteiger partial charge in [-0.05, 0) is 62.9 Å². The molecule has 1 saturated carbocycles. The summed E-state index contributed by atoms with van der Waals surface area (Å²) < 4.78 is 9.30. The first-order valence-corrected chi connectivity index (χ1v) is 21.7. The van der Waals surface area contributed by atoms with E-state index in [9.17, 15) is 28.8 Å². The normalized spacial score (nSPS) is 18.2. The van der Waals surface area contributed by atoms with Crippen LogP contribution in [-0.4, -0.2) is 126 Å². The molecule has 1 unspecified atom stereocenters. The van der Waals surface area contributed by atoms with Crippen molar-refractivity contribution in [1.29, 1.82) is 0 Å². The Hall–Kier alpha value is -6.93. The molecule has 3 N–H and O–H groups in total. The minimum atomic E-state index is -1.02. The van der Waals surface area contributed by atoms with Gasteiger partial charge in [-0.3, -0.25) is 43.9 Å². The molecule has 0 radical (unpaired) electrons. The maximum absolute atomic E-state index is 13.5. The summed E-state index contributed by atoms with van der Waals surface area (Å²) in [5.74, 6) is -1.54. The van der Waals surface area contributed by atoms with Gasteiger partial charge in [-0.2, -0.15) is 0 Å². The number of aromatic nitrogens is 7. The second-order valence-corrected chi connectivity index (χ2v) is 16.6. The predicted octanol–water partition coefficient (Wildman–Crippen LogP) is 3.00. The highest BCUT2D eigenvalue weighted by atomic mass is 16.5. The molecule has 4 aromatic heterocycles. The number of carbonyl (C=O) groups excluding carboxylic acids is 5. The molecule has 20 nitrogen and oxygen atoms in total. The summed E-state index contributed by atoms with van der Waals surface area (Å²) in [4.78, 5) is 96.0. The second kappa shape index (κ2) is 18.0. The van der Waals surface area contributed by atoms with Gasteiger partial charge in [0.25, 0.3) is 17.4 Å². The first kappa shape index (κ1) is 42.4. The molecule has 7 heterocycles. The number of hydrogen-bond donors (Lipinski definition) is 3. The van der Waals surface area contributed by atoms with Crippen molar-refractivity contribution < 1.29 is 28.7 Å². The standard InChI is InChI=1S/C44H49N13O7/c1-26-37(27(2)58)42(62)56(29-6-3-4-7-29)34-23-47-44(50-39(26)34)48-35-12-10-30(22-46-35)54-17-15-53(16-18-54)24-28-25-55(52-51-28)19-21-64-20-14-45-32-9-5-8-31-38(32)43(63)57(41(31)61)33-11-13-36(59)49-40(33)60/h5,8-10,12,22-23,25,29,33,45H,3-4,6-7,11,13-21,24H2,1-2H3,(H,49,59,60)(H,46,47,48,50). The fourth-order valence-electron chi connectivity index (χ4n) is 9.19. The SMILES string of the molecule is CC(=O)c1c(C)c2nc(Nc3ccc(N4CCN(Cc5cn(CCOCCNc6cccc7c6C(=O)N(C6CCC(=O)NC6=O)C7=O)nn5)CC4)cn3)ncc2n(C2CCCC2)c1=O. The Balaban J connectivity index is 0.715. The third-order valence-corrected chi connectivity index (χ3v) is 12.4. The number of Topliss-reactive ketones (excluding diaryl/α,β-unsaturated/α-hetero) is 1. The fraction of sp³-hybridized carbons (Fsp3) is 0.432. The summed E-state index contributed by atoms with van der Waals surface area (Å²) in [7, 11) is 0. The molecule has 5 aromatic rings. The first-order chi connectivity index (χ1) is 31.0. The van der Waals surface area contributed by atoms with E-state index < -0.39 is 29.7 Å². The molecule has 9 rings (SSSR count). The number of aryl methyl sites for hydroxylation is 1.